The molecule has 0 atom stereocenters. The van der Waals surface area contributed by atoms with Crippen LogP contribution < -0.4 is 0 Å². The highest BCUT2D eigenvalue weighted by molar-refractivity contribution is 5.96. The van der Waals surface area contributed by atoms with Gasteiger partial charge in [0.2, 0.25) is 0 Å². The number of aromatic amines is 1. The molecule has 0 bridgehead atoms. The first kappa shape index (κ1) is 13.2. The number of methoxy groups -OCH3 is 1. The van der Waals surface area contributed by atoms with Crippen molar-refractivity contribution in [3.8, 4) is 16.8 Å². The molecular weight excluding hydrogens is 264 g/mol. The van der Waals surface area contributed by atoms with E-state index < -0.39 is 0 Å². The molecule has 0 radical (unpaired) electrons. The number of hydrogen-bond acceptors (Lipinski definition) is 2. The third kappa shape index (κ3) is 2.36. The average Bonchev–Trinajstić information content (AvgIpc) is 3.13. The highest BCUT2D eigenvalue weighted by Crippen LogP contribution is 2.29. The monoisotopic (exact) mass is 280 g/mol. The number of para-hydroxylation sites is 1. The van der Waals surface area contributed by atoms with Gasteiger partial charge in [-0.15, -0.1) is 0 Å². The predicted molar refractivity (Wildman–Crippen MR) is 81.6 cm³/mol. The van der Waals surface area contributed by atoms with Crippen molar-refractivity contribution in [2.45, 2.75) is 6.92 Å². The Balaban J connectivity index is 2.05. The Hall–Kier alpha value is -2.75. The molecule has 3 rings (SSSR count). The van der Waals surface area contributed by atoms with Gasteiger partial charge in [-0.25, -0.2) is 4.79 Å². The van der Waals surface area contributed by atoms with Gasteiger partial charge in [0.25, 0.3) is 0 Å². The number of carbonyl (C=O) groups is 1. The van der Waals surface area contributed by atoms with Gasteiger partial charge in [0.05, 0.1) is 7.11 Å². The van der Waals surface area contributed by atoms with E-state index in [0.29, 0.717) is 5.69 Å². The quantitative estimate of drug-likeness (QED) is 0.746. The Morgan fingerprint density at radius 2 is 1.95 bits per heavy atom. The van der Waals surface area contributed by atoms with Gasteiger partial charge in [-0.3, -0.25) is 0 Å². The van der Waals surface area contributed by atoms with Crippen molar-refractivity contribution in [2.75, 3.05) is 7.11 Å². The summed E-state index contributed by atoms with van der Waals surface area (Å²) >= 11 is 0. The molecule has 0 fully saturated rings. The van der Waals surface area contributed by atoms with E-state index in [4.69, 9.17) is 4.74 Å². The maximum absolute atomic E-state index is 11.8. The van der Waals surface area contributed by atoms with Gasteiger partial charge < -0.3 is 14.3 Å². The zero-order chi connectivity index (χ0) is 14.8. The van der Waals surface area contributed by atoms with Gasteiger partial charge in [-0.1, -0.05) is 18.2 Å². The Bertz CT molecular complexity index is 769. The fraction of sp³-hybridized carbons (Fsp3) is 0.118. The Kier molecular flexibility index (Phi) is 3.36. The van der Waals surface area contributed by atoms with Gasteiger partial charge in [0.15, 0.2) is 0 Å². The van der Waals surface area contributed by atoms with Crippen LogP contribution in [-0.2, 0) is 4.74 Å². The van der Waals surface area contributed by atoms with Crippen molar-refractivity contribution in [3.63, 3.8) is 0 Å². The van der Waals surface area contributed by atoms with Gasteiger partial charge in [0.1, 0.15) is 5.69 Å². The number of carbonyl (C=O) groups excluding carboxylic acids is 1. The zero-order valence-electron chi connectivity index (χ0n) is 12.0. The summed E-state index contributed by atoms with van der Waals surface area (Å²) in [6.45, 7) is 1.97. The maximum Gasteiger partial charge on any atom is 0.355 e. The smallest absolute Gasteiger partial charge is 0.355 e. The van der Waals surface area contributed by atoms with Crippen molar-refractivity contribution in [2.24, 2.45) is 0 Å². The highest BCUT2D eigenvalue weighted by Gasteiger charge is 2.18. The minimum absolute atomic E-state index is 0.356. The summed E-state index contributed by atoms with van der Waals surface area (Å²) in [5.74, 6) is -0.356. The van der Waals surface area contributed by atoms with E-state index in [-0.39, 0.29) is 5.97 Å². The van der Waals surface area contributed by atoms with Crippen LogP contribution in [-0.4, -0.2) is 22.6 Å². The predicted octanol–water partition coefficient (Wildman–Crippen LogP) is 3.57. The van der Waals surface area contributed by atoms with E-state index in [2.05, 4.69) is 4.98 Å². The lowest BCUT2D eigenvalue weighted by atomic mass is 10.1. The van der Waals surface area contributed by atoms with Crippen LogP contribution >= 0.6 is 0 Å². The fourth-order valence-corrected chi connectivity index (χ4v) is 2.46. The van der Waals surface area contributed by atoms with Crippen LogP contribution in [0.5, 0.6) is 0 Å². The summed E-state index contributed by atoms with van der Waals surface area (Å²) in [4.78, 5) is 14.8. The highest BCUT2D eigenvalue weighted by atomic mass is 16.5. The van der Waals surface area contributed by atoms with E-state index in [1.807, 2.05) is 66.5 Å². The molecule has 0 saturated carbocycles. The Labute approximate surface area is 123 Å². The number of nitrogens with zero attached hydrogens (tertiary/aromatic N) is 1. The molecule has 0 spiro atoms. The molecule has 0 aliphatic carbocycles. The normalized spacial score (nSPS) is 10.6. The molecule has 1 aromatic carbocycles. The van der Waals surface area contributed by atoms with Crippen molar-refractivity contribution < 1.29 is 9.53 Å². The summed E-state index contributed by atoms with van der Waals surface area (Å²) < 4.78 is 6.86. The molecule has 4 heteroatoms. The first-order valence-corrected chi connectivity index (χ1v) is 6.71. The second kappa shape index (κ2) is 5.32. The van der Waals surface area contributed by atoms with Crippen LogP contribution in [0.15, 0.2) is 55.0 Å². The zero-order valence-corrected chi connectivity index (χ0v) is 12.0. The van der Waals surface area contributed by atoms with Crippen molar-refractivity contribution in [1.29, 1.82) is 0 Å². The number of ether oxygens (including phenoxy) is 1. The summed E-state index contributed by atoms with van der Waals surface area (Å²) in [5, 5.41) is 0. The van der Waals surface area contributed by atoms with E-state index in [1.54, 1.807) is 0 Å². The lowest BCUT2D eigenvalue weighted by Crippen LogP contribution is -2.03. The Morgan fingerprint density at radius 1 is 1.19 bits per heavy atom. The van der Waals surface area contributed by atoms with Crippen LogP contribution in [0.25, 0.3) is 16.8 Å². The topological polar surface area (TPSA) is 47.0 Å². The van der Waals surface area contributed by atoms with Crippen molar-refractivity contribution in [3.05, 3.63) is 66.2 Å². The van der Waals surface area contributed by atoms with Crippen LogP contribution in [0.3, 0.4) is 0 Å². The molecule has 2 aromatic heterocycles. The van der Waals surface area contributed by atoms with Crippen molar-refractivity contribution in [1.82, 2.24) is 9.55 Å². The molecular formula is C17H16N2O2. The summed E-state index contributed by atoms with van der Waals surface area (Å²) in [6.07, 6.45) is 5.82. The molecule has 1 N–H and O–H groups in total. The second-order valence-electron chi connectivity index (χ2n) is 4.86. The van der Waals surface area contributed by atoms with E-state index in [9.17, 15) is 4.79 Å². The number of nitrogens with one attached hydrogen (secondary N) is 1. The number of hydrogen-bond donors (Lipinski definition) is 1. The minimum Gasteiger partial charge on any atom is -0.464 e. The van der Waals surface area contributed by atoms with E-state index in [0.717, 1.165) is 22.4 Å². The standard InChI is InChI=1S/C17H16N2O2/c1-12-10-18-16(17(20)21-2)15(12)13-8-9-19(11-13)14-6-4-3-5-7-14/h3-11,18H,1-2H3. The lowest BCUT2D eigenvalue weighted by molar-refractivity contribution is 0.0595. The molecule has 4 nitrogen and oxygen atoms in total. The first-order valence-electron chi connectivity index (χ1n) is 6.71. The van der Waals surface area contributed by atoms with Crippen LogP contribution in [0.2, 0.25) is 0 Å². The minimum atomic E-state index is -0.356. The second-order valence-corrected chi connectivity index (χ2v) is 4.86. The lowest BCUT2D eigenvalue weighted by Gasteiger charge is -2.03. The maximum atomic E-state index is 11.8. The summed E-state index contributed by atoms with van der Waals surface area (Å²) in [6, 6.07) is 12.0. The molecule has 0 amide bonds. The van der Waals surface area contributed by atoms with E-state index >= 15 is 0 Å². The van der Waals surface area contributed by atoms with Crippen LogP contribution in [0, 0.1) is 6.92 Å². The molecule has 3 aromatic rings. The number of esters is 1. The van der Waals surface area contributed by atoms with Gasteiger partial charge in [-0.05, 0) is 30.7 Å². The van der Waals surface area contributed by atoms with Gasteiger partial charge in [0, 0.05) is 35.4 Å². The number of H-pyrrole nitrogens is 1. The fourth-order valence-electron chi connectivity index (χ4n) is 2.46. The van der Waals surface area contributed by atoms with Crippen LogP contribution in [0.1, 0.15) is 16.1 Å². The van der Waals surface area contributed by atoms with Gasteiger partial charge in [-0.2, -0.15) is 0 Å². The number of benzene rings is 1. The Morgan fingerprint density at radius 3 is 2.67 bits per heavy atom. The first-order chi connectivity index (χ1) is 10.2. The molecule has 0 aliphatic heterocycles. The third-order valence-electron chi connectivity index (χ3n) is 3.50. The van der Waals surface area contributed by atoms with Crippen molar-refractivity contribution >= 4 is 5.97 Å². The molecule has 0 saturated heterocycles. The van der Waals surface area contributed by atoms with Gasteiger partial charge >= 0.3 is 5.97 Å². The summed E-state index contributed by atoms with van der Waals surface area (Å²) in [5.41, 5.74) is 4.45. The molecule has 0 aliphatic rings. The molecule has 21 heavy (non-hydrogen) atoms. The molecule has 106 valence electrons. The average molecular weight is 280 g/mol. The van der Waals surface area contributed by atoms with Crippen LogP contribution in [0.4, 0.5) is 0 Å². The third-order valence-corrected chi connectivity index (χ3v) is 3.50. The number of aromatic nitrogens is 2. The molecule has 2 heterocycles. The largest absolute Gasteiger partial charge is 0.464 e. The SMILES string of the molecule is COC(=O)c1[nH]cc(C)c1-c1ccn(-c2ccccc2)c1. The molecule has 0 unspecified atom stereocenters. The summed E-state index contributed by atoms with van der Waals surface area (Å²) in [7, 11) is 1.39. The number of rotatable bonds is 3. The van der Waals surface area contributed by atoms with E-state index in [1.165, 1.54) is 7.11 Å². The number of aryl methyl sites for hydroxylation is 1.